The molecular formula is C35H60NO3S+. The number of hydrogen-bond donors (Lipinski definition) is 0. The second kappa shape index (κ2) is 22.9. The van der Waals surface area contributed by atoms with Gasteiger partial charge in [-0.15, -0.1) is 0 Å². The van der Waals surface area contributed by atoms with Gasteiger partial charge in [0.25, 0.3) is 10.1 Å². The molecule has 0 atom stereocenters. The Kier molecular flexibility index (Phi) is 20.8. The van der Waals surface area contributed by atoms with Crippen LogP contribution < -0.4 is 0 Å². The molecule has 0 aromatic heterocycles. The second-order valence-corrected chi connectivity index (χ2v) is 13.5. The topological polar surface area (TPSA) is 43.4 Å². The van der Waals surface area contributed by atoms with E-state index < -0.39 is 10.1 Å². The first kappa shape index (κ1) is 36.3. The number of unbranched alkanes of at least 4 members (excludes halogenated alkanes) is 14. The maximum Gasteiger partial charge on any atom is 0.296 e. The van der Waals surface area contributed by atoms with E-state index in [0.29, 0.717) is 0 Å². The Labute approximate surface area is 248 Å². The highest BCUT2D eigenvalue weighted by atomic mass is 32.2. The van der Waals surface area contributed by atoms with Gasteiger partial charge in [-0.1, -0.05) is 146 Å². The average Bonchev–Trinajstić information content (AvgIpc) is 2.95. The van der Waals surface area contributed by atoms with Crippen molar-refractivity contribution in [1.82, 2.24) is 0 Å². The Morgan fingerprint density at radius 3 is 1.50 bits per heavy atom. The summed E-state index contributed by atoms with van der Waals surface area (Å²) >= 11 is 0. The maximum absolute atomic E-state index is 11.9. The lowest BCUT2D eigenvalue weighted by Gasteiger charge is -2.30. The highest BCUT2D eigenvalue weighted by molar-refractivity contribution is 7.86. The number of nitrogens with zero attached hydrogens (tertiary/aromatic N) is 1. The quantitative estimate of drug-likeness (QED) is 0.0798. The van der Waals surface area contributed by atoms with Crippen molar-refractivity contribution in [3.63, 3.8) is 0 Å². The summed E-state index contributed by atoms with van der Waals surface area (Å²) in [7, 11) is 1.12. The molecule has 0 saturated carbocycles. The third-order valence-electron chi connectivity index (χ3n) is 7.34. The predicted molar refractivity (Wildman–Crippen MR) is 172 cm³/mol. The molecule has 0 aliphatic heterocycles. The van der Waals surface area contributed by atoms with Crippen LogP contribution in [0.15, 0.2) is 65.6 Å². The maximum atomic E-state index is 11.9. The van der Waals surface area contributed by atoms with Crippen molar-refractivity contribution in [3.8, 4) is 0 Å². The molecule has 0 unspecified atom stereocenters. The van der Waals surface area contributed by atoms with E-state index in [-0.39, 0.29) is 11.5 Å². The average molecular weight is 575 g/mol. The molecule has 0 amide bonds. The summed E-state index contributed by atoms with van der Waals surface area (Å²) in [5, 5.41) is 0. The van der Waals surface area contributed by atoms with Gasteiger partial charge < -0.3 is 4.48 Å². The fraction of sp³-hybridized carbons (Fsp3) is 0.657. The van der Waals surface area contributed by atoms with Gasteiger partial charge in [0, 0.05) is 5.56 Å². The summed E-state index contributed by atoms with van der Waals surface area (Å²) in [4.78, 5) is 0.238. The van der Waals surface area contributed by atoms with Crippen molar-refractivity contribution in [2.45, 2.75) is 128 Å². The van der Waals surface area contributed by atoms with Gasteiger partial charge in [0.1, 0.15) is 6.54 Å². The van der Waals surface area contributed by atoms with Crippen molar-refractivity contribution in [2.75, 3.05) is 27.2 Å². The predicted octanol–water partition coefficient (Wildman–Crippen LogP) is 9.94. The van der Waals surface area contributed by atoms with Crippen LogP contribution in [0.5, 0.6) is 0 Å². The summed E-state index contributed by atoms with van der Waals surface area (Å²) in [6.07, 6.45) is 20.6. The third-order valence-corrected chi connectivity index (χ3v) is 8.67. The fourth-order valence-corrected chi connectivity index (χ4v) is 5.85. The Balaban J connectivity index is 0.000000408. The van der Waals surface area contributed by atoms with Crippen molar-refractivity contribution in [3.05, 3.63) is 66.2 Å². The Morgan fingerprint density at radius 2 is 1.00 bits per heavy atom. The lowest BCUT2D eigenvalue weighted by Crippen LogP contribution is -2.39. The molecule has 5 heteroatoms. The Hall–Kier alpha value is -1.69. The molecule has 0 aliphatic rings. The zero-order chi connectivity index (χ0) is 29.4. The first-order valence-electron chi connectivity index (χ1n) is 16.1. The molecule has 0 saturated heterocycles. The molecule has 228 valence electrons. The summed E-state index contributed by atoms with van der Waals surface area (Å²) < 4.78 is 29.9. The molecule has 0 spiro atoms. The van der Waals surface area contributed by atoms with Crippen molar-refractivity contribution in [1.29, 1.82) is 0 Å². The van der Waals surface area contributed by atoms with Gasteiger partial charge in [-0.05, 0) is 31.4 Å². The van der Waals surface area contributed by atoms with Gasteiger partial charge in [0.05, 0.1) is 32.1 Å². The van der Waals surface area contributed by atoms with E-state index >= 15 is 0 Å². The molecule has 0 heterocycles. The zero-order valence-electron chi connectivity index (χ0n) is 26.3. The Morgan fingerprint density at radius 1 is 0.575 bits per heavy atom. The van der Waals surface area contributed by atoms with Crippen LogP contribution >= 0.6 is 0 Å². The van der Waals surface area contributed by atoms with Gasteiger partial charge in [0.2, 0.25) is 0 Å². The smallest absolute Gasteiger partial charge is 0.296 e. The minimum absolute atomic E-state index is 0.238. The number of rotatable bonds is 22. The molecular weight excluding hydrogens is 514 g/mol. The molecule has 2 aromatic rings. The van der Waals surface area contributed by atoms with E-state index in [2.05, 4.69) is 58.3 Å². The van der Waals surface area contributed by atoms with Crippen LogP contribution in [-0.4, -0.2) is 40.1 Å². The molecule has 0 aliphatic carbocycles. The minimum atomic E-state index is -3.57. The number of hydrogen-bond acceptors (Lipinski definition) is 3. The summed E-state index contributed by atoms with van der Waals surface area (Å²) in [5.74, 6) is 0. The summed E-state index contributed by atoms with van der Waals surface area (Å²) in [5.41, 5.74) is 1.45. The molecule has 40 heavy (non-hydrogen) atoms. The fourth-order valence-electron chi connectivity index (χ4n) is 4.89. The van der Waals surface area contributed by atoms with Gasteiger partial charge in [-0.3, -0.25) is 4.18 Å². The van der Waals surface area contributed by atoms with Crippen LogP contribution in [0.3, 0.4) is 0 Å². The standard InChI is InChI=1S/C18H30O3S.C17H30N/c1-2-3-4-5-6-7-8-9-10-14-17-21-22(19,20)18-15-12-11-13-16-18;1-4-5-6-7-8-12-15-18(2,3)16-17-13-10-9-11-14-17/h11-13,15-16H,2-10,14,17H2,1H3;9-11,13-14H,4-8,12,15-16H2,1-3H3/q;+1. The first-order valence-corrected chi connectivity index (χ1v) is 17.5. The molecule has 0 radical (unpaired) electrons. The van der Waals surface area contributed by atoms with Crippen molar-refractivity contribution < 1.29 is 17.1 Å². The Bertz CT molecular complexity index is 930. The van der Waals surface area contributed by atoms with E-state index in [0.717, 1.165) is 23.9 Å². The van der Waals surface area contributed by atoms with E-state index in [1.165, 1.54) is 102 Å². The van der Waals surface area contributed by atoms with E-state index in [9.17, 15) is 8.42 Å². The van der Waals surface area contributed by atoms with Gasteiger partial charge in [-0.2, -0.15) is 8.42 Å². The van der Waals surface area contributed by atoms with Crippen LogP contribution in [0.2, 0.25) is 0 Å². The van der Waals surface area contributed by atoms with Gasteiger partial charge >= 0.3 is 0 Å². The number of benzene rings is 2. The molecule has 2 rings (SSSR count). The van der Waals surface area contributed by atoms with E-state index in [1.54, 1.807) is 30.3 Å². The minimum Gasteiger partial charge on any atom is -0.325 e. The SMILES string of the molecule is CCCCCCCCCCCCOS(=O)(=O)c1ccccc1.CCCCCCCC[N+](C)(C)Cc1ccccc1. The van der Waals surface area contributed by atoms with Crippen molar-refractivity contribution >= 4 is 10.1 Å². The third kappa shape index (κ3) is 19.4. The monoisotopic (exact) mass is 574 g/mol. The normalized spacial score (nSPS) is 11.7. The van der Waals surface area contributed by atoms with Crippen LogP contribution in [0.25, 0.3) is 0 Å². The highest BCUT2D eigenvalue weighted by Gasteiger charge is 2.15. The second-order valence-electron chi connectivity index (χ2n) is 11.8. The van der Waals surface area contributed by atoms with Crippen LogP contribution in [-0.2, 0) is 20.8 Å². The zero-order valence-corrected chi connectivity index (χ0v) is 27.1. The van der Waals surface area contributed by atoms with Crippen molar-refractivity contribution in [2.24, 2.45) is 0 Å². The molecule has 4 nitrogen and oxygen atoms in total. The van der Waals surface area contributed by atoms with Crippen LogP contribution in [0.4, 0.5) is 0 Å². The highest BCUT2D eigenvalue weighted by Crippen LogP contribution is 2.15. The lowest BCUT2D eigenvalue weighted by atomic mass is 10.1. The van der Waals surface area contributed by atoms with E-state index in [4.69, 9.17) is 4.18 Å². The number of quaternary nitrogens is 1. The summed E-state index contributed by atoms with van der Waals surface area (Å²) in [6, 6.07) is 19.2. The molecule has 0 fully saturated rings. The lowest BCUT2D eigenvalue weighted by molar-refractivity contribution is -0.903. The largest absolute Gasteiger partial charge is 0.325 e. The van der Waals surface area contributed by atoms with Crippen LogP contribution in [0, 0.1) is 0 Å². The van der Waals surface area contributed by atoms with Gasteiger partial charge in [0.15, 0.2) is 0 Å². The van der Waals surface area contributed by atoms with E-state index in [1.807, 2.05) is 0 Å². The van der Waals surface area contributed by atoms with Crippen LogP contribution in [0.1, 0.15) is 122 Å². The summed E-state index contributed by atoms with van der Waals surface area (Å²) in [6.45, 7) is 7.24. The first-order chi connectivity index (χ1) is 19.3. The molecule has 0 bridgehead atoms. The molecule has 2 aromatic carbocycles. The molecule has 0 N–H and O–H groups in total. The van der Waals surface area contributed by atoms with Gasteiger partial charge in [-0.25, -0.2) is 0 Å².